The maximum absolute atomic E-state index is 14.7. The average Bonchev–Trinajstić information content (AvgIpc) is 3.16. The van der Waals surface area contributed by atoms with Crippen LogP contribution >= 0.6 is 34.8 Å². The molecule has 6 aromatic rings. The third-order valence-electron chi connectivity index (χ3n) is 8.81. The van der Waals surface area contributed by atoms with Crippen LogP contribution in [0.3, 0.4) is 0 Å². The molecule has 276 valence electrons. The van der Waals surface area contributed by atoms with Crippen molar-refractivity contribution in [1.29, 1.82) is 0 Å². The molecule has 6 rings (SSSR count). The number of hydrogen-bond donors (Lipinski definition) is 1. The topological polar surface area (TPSA) is 93.1 Å². The Hall–Kier alpha value is -4.83. The van der Waals surface area contributed by atoms with Gasteiger partial charge in [-0.25, -0.2) is 8.42 Å². The molecule has 0 radical (unpaired) electrons. The summed E-state index contributed by atoms with van der Waals surface area (Å²) < 4.78 is 42.2. The van der Waals surface area contributed by atoms with E-state index in [1.165, 1.54) is 23.5 Å². The van der Waals surface area contributed by atoms with Crippen LogP contribution in [0.15, 0.2) is 132 Å². The van der Waals surface area contributed by atoms with Crippen molar-refractivity contribution >= 4 is 50.6 Å². The molecule has 54 heavy (non-hydrogen) atoms. The zero-order valence-electron chi connectivity index (χ0n) is 29.4. The number of methoxy groups -OCH3 is 1. The van der Waals surface area contributed by atoms with Crippen molar-refractivity contribution in [3.8, 4) is 34.1 Å². The van der Waals surface area contributed by atoms with E-state index in [1.54, 1.807) is 48.5 Å². The first-order chi connectivity index (χ1) is 25.9. The Bertz CT molecular complexity index is 2370. The highest BCUT2D eigenvalue weighted by molar-refractivity contribution is 7.89. The number of halogens is 3. The number of carbonyl (C=O) groups excluding carboxylic acids is 1. The molecule has 0 bridgehead atoms. The largest absolute Gasteiger partial charge is 0.505 e. The number of carbonyl (C=O) groups is 1. The molecule has 11 heteroatoms. The van der Waals surface area contributed by atoms with Crippen LogP contribution in [0.2, 0.25) is 15.1 Å². The van der Waals surface area contributed by atoms with Gasteiger partial charge in [0.15, 0.2) is 11.5 Å². The van der Waals surface area contributed by atoms with Gasteiger partial charge in [-0.3, -0.25) is 4.79 Å². The Morgan fingerprint density at radius 1 is 0.722 bits per heavy atom. The van der Waals surface area contributed by atoms with E-state index in [1.807, 2.05) is 73.7 Å². The Morgan fingerprint density at radius 2 is 1.35 bits per heavy atom. The molecular formula is C43H36Cl3NO6S. The molecule has 1 N–H and O–H groups in total. The van der Waals surface area contributed by atoms with Crippen LogP contribution in [-0.4, -0.2) is 30.7 Å². The molecule has 7 nitrogen and oxygen atoms in total. The van der Waals surface area contributed by atoms with Crippen molar-refractivity contribution < 1.29 is 27.8 Å². The fraction of sp³-hybridized carbons (Fsp3) is 0.140. The van der Waals surface area contributed by atoms with Crippen LogP contribution < -0.4 is 9.47 Å². The second kappa shape index (κ2) is 17.1. The van der Waals surface area contributed by atoms with E-state index in [2.05, 4.69) is 0 Å². The van der Waals surface area contributed by atoms with Crippen molar-refractivity contribution in [2.75, 3.05) is 7.11 Å². The quantitative estimate of drug-likeness (QED) is 0.110. The predicted octanol–water partition coefficient (Wildman–Crippen LogP) is 11.3. The molecule has 0 unspecified atom stereocenters. The fourth-order valence-electron chi connectivity index (χ4n) is 5.95. The van der Waals surface area contributed by atoms with Crippen LogP contribution in [-0.2, 0) is 29.5 Å². The number of sulfonamides is 1. The maximum atomic E-state index is 14.7. The van der Waals surface area contributed by atoms with Gasteiger partial charge in [0.2, 0.25) is 10.0 Å². The van der Waals surface area contributed by atoms with Gasteiger partial charge in [0, 0.05) is 35.7 Å². The van der Waals surface area contributed by atoms with Crippen LogP contribution in [0.25, 0.3) is 11.1 Å². The number of rotatable bonds is 14. The third-order valence-corrected chi connectivity index (χ3v) is 11.4. The normalized spacial score (nSPS) is 11.4. The van der Waals surface area contributed by atoms with Gasteiger partial charge in [-0.2, -0.15) is 4.31 Å². The number of ether oxygens (including phenoxy) is 2. The molecule has 0 aromatic heterocycles. The highest BCUT2D eigenvalue weighted by Crippen LogP contribution is 2.40. The highest BCUT2D eigenvalue weighted by Gasteiger charge is 2.31. The molecular weight excluding hydrogens is 765 g/mol. The first kappa shape index (κ1) is 38.9. The zero-order chi connectivity index (χ0) is 38.4. The number of phenols is 1. The summed E-state index contributed by atoms with van der Waals surface area (Å²) in [5.74, 6) is 0.668. The fourth-order valence-corrected chi connectivity index (χ4v) is 8.21. The lowest BCUT2D eigenvalue weighted by Crippen LogP contribution is -2.30. The van der Waals surface area contributed by atoms with Gasteiger partial charge in [0.25, 0.3) is 0 Å². The molecule has 0 spiro atoms. The van der Waals surface area contributed by atoms with E-state index in [-0.39, 0.29) is 40.9 Å². The highest BCUT2D eigenvalue weighted by atomic mass is 35.5. The van der Waals surface area contributed by atoms with Gasteiger partial charge in [-0.15, -0.1) is 0 Å². The third kappa shape index (κ3) is 9.27. The number of benzene rings is 6. The van der Waals surface area contributed by atoms with Crippen molar-refractivity contribution in [3.63, 3.8) is 0 Å². The lowest BCUT2D eigenvalue weighted by Gasteiger charge is -2.24. The summed E-state index contributed by atoms with van der Waals surface area (Å²) in [5.41, 5.74) is 4.69. The predicted molar refractivity (Wildman–Crippen MR) is 215 cm³/mol. The minimum Gasteiger partial charge on any atom is -0.505 e. The molecule has 0 saturated heterocycles. The van der Waals surface area contributed by atoms with Gasteiger partial charge < -0.3 is 14.6 Å². The lowest BCUT2D eigenvalue weighted by atomic mass is 10.0. The number of hydrogen-bond acceptors (Lipinski definition) is 6. The number of nitrogens with zero attached hydrogens (tertiary/aromatic N) is 1. The van der Waals surface area contributed by atoms with E-state index in [9.17, 15) is 18.3 Å². The van der Waals surface area contributed by atoms with Gasteiger partial charge in [0.1, 0.15) is 22.1 Å². The summed E-state index contributed by atoms with van der Waals surface area (Å²) in [6, 6.07) is 37.2. The minimum absolute atomic E-state index is 0.0716. The zero-order valence-corrected chi connectivity index (χ0v) is 32.5. The van der Waals surface area contributed by atoms with Crippen molar-refractivity contribution in [3.05, 3.63) is 170 Å². The van der Waals surface area contributed by atoms with Gasteiger partial charge >= 0.3 is 0 Å². The Balaban J connectivity index is 1.37. The number of phenolic OH excluding ortho intramolecular Hbond substituents is 1. The van der Waals surface area contributed by atoms with E-state index < -0.39 is 20.7 Å². The monoisotopic (exact) mass is 799 g/mol. The van der Waals surface area contributed by atoms with Crippen LogP contribution in [0.1, 0.15) is 39.0 Å². The molecule has 6 aromatic carbocycles. The van der Waals surface area contributed by atoms with E-state index in [0.29, 0.717) is 45.4 Å². The summed E-state index contributed by atoms with van der Waals surface area (Å²) in [7, 11) is -3.02. The Morgan fingerprint density at radius 3 is 2.00 bits per heavy atom. The smallest absolute Gasteiger partial charge is 0.247 e. The first-order valence-electron chi connectivity index (χ1n) is 17.0. The average molecular weight is 801 g/mol. The summed E-state index contributed by atoms with van der Waals surface area (Å²) in [4.78, 5) is 12.9. The number of aryl methyl sites for hydroxylation is 2. The van der Waals surface area contributed by atoms with Gasteiger partial charge in [-0.05, 0) is 96.3 Å². The molecule has 0 aliphatic rings. The van der Waals surface area contributed by atoms with Gasteiger partial charge in [-0.1, -0.05) is 107 Å². The van der Waals surface area contributed by atoms with Crippen LogP contribution in [0.4, 0.5) is 0 Å². The second-order valence-corrected chi connectivity index (χ2v) is 15.9. The van der Waals surface area contributed by atoms with Crippen molar-refractivity contribution in [1.82, 2.24) is 4.31 Å². The number of Topliss-reactive ketones (excluding diaryl/α,β-unsaturated/α-hetero) is 1. The maximum Gasteiger partial charge on any atom is 0.247 e. The van der Waals surface area contributed by atoms with Crippen molar-refractivity contribution in [2.45, 2.75) is 37.8 Å². The second-order valence-electron chi connectivity index (χ2n) is 12.7. The van der Waals surface area contributed by atoms with E-state index in [0.717, 1.165) is 16.7 Å². The SMILES string of the molecule is COc1c(Cl)cc(CN(Cc2ccc(Oc3ccc(C)cc3)cc2)S(=O)(=O)c2cc(C(=O)CCc3ccccc3)cc(Cl)c2O)cc1-c1ccc(Cl)cc1. The Labute approximate surface area is 330 Å². The first-order valence-corrected chi connectivity index (χ1v) is 19.5. The van der Waals surface area contributed by atoms with Gasteiger partial charge in [0.05, 0.1) is 17.2 Å². The minimum atomic E-state index is -4.52. The molecule has 0 amide bonds. The van der Waals surface area contributed by atoms with Crippen molar-refractivity contribution in [2.24, 2.45) is 0 Å². The van der Waals surface area contributed by atoms with Crippen LogP contribution in [0, 0.1) is 6.92 Å². The molecule has 0 aliphatic carbocycles. The summed E-state index contributed by atoms with van der Waals surface area (Å²) in [5, 5.41) is 11.7. The lowest BCUT2D eigenvalue weighted by molar-refractivity contribution is 0.0982. The Kier molecular flexibility index (Phi) is 12.3. The molecule has 0 aliphatic heterocycles. The van der Waals surface area contributed by atoms with Crippen LogP contribution in [0.5, 0.6) is 23.0 Å². The number of ketones is 1. The molecule has 0 fully saturated rings. The molecule has 0 atom stereocenters. The molecule has 0 saturated carbocycles. The van der Waals surface area contributed by atoms with E-state index >= 15 is 0 Å². The summed E-state index contributed by atoms with van der Waals surface area (Å²) in [6.07, 6.45) is 0.563. The summed E-state index contributed by atoms with van der Waals surface area (Å²) >= 11 is 19.3. The summed E-state index contributed by atoms with van der Waals surface area (Å²) in [6.45, 7) is 1.71. The molecule has 0 heterocycles. The van der Waals surface area contributed by atoms with E-state index in [4.69, 9.17) is 44.3 Å². The number of aromatic hydroxyl groups is 1. The standard InChI is InChI=1S/C43H36Cl3NO6S/c1-28-8-17-35(18-9-28)53-36-19-10-30(11-20-36)26-47(27-31-22-37(43(52-2)39(46)23-31)32-13-15-34(44)16-14-32)54(50,51)41-25-33(24-38(45)42(41)49)40(48)21-12-29-6-4-3-5-7-29/h3-11,13-20,22-25,49H,12,21,26-27H2,1-2H3.